The Balaban J connectivity index is 2.50. The lowest BCUT2D eigenvalue weighted by atomic mass is 9.66. The molecule has 0 amide bonds. The molecule has 1 saturated carbocycles. The highest BCUT2D eigenvalue weighted by atomic mass is 16.5. The Labute approximate surface area is 95.6 Å². The number of hydrogen-bond acceptors (Lipinski definition) is 1. The van der Waals surface area contributed by atoms with Gasteiger partial charge in [0.1, 0.15) is 0 Å². The van der Waals surface area contributed by atoms with Crippen LogP contribution in [0.4, 0.5) is 0 Å². The first-order valence-corrected chi connectivity index (χ1v) is 6.62. The molecule has 1 rings (SSSR count). The lowest BCUT2D eigenvalue weighted by Gasteiger charge is -2.41. The number of ether oxygens (including phenoxy) is 1. The third-order valence-electron chi connectivity index (χ3n) is 4.49. The summed E-state index contributed by atoms with van der Waals surface area (Å²) >= 11 is 0. The van der Waals surface area contributed by atoms with Gasteiger partial charge in [-0.15, -0.1) is 0 Å². The molecule has 0 N–H and O–H groups in total. The van der Waals surface area contributed by atoms with Crippen molar-refractivity contribution in [2.24, 2.45) is 17.3 Å². The first-order valence-electron chi connectivity index (χ1n) is 6.62. The van der Waals surface area contributed by atoms with E-state index in [1.54, 1.807) is 0 Å². The van der Waals surface area contributed by atoms with Crippen molar-refractivity contribution in [3.05, 3.63) is 0 Å². The van der Waals surface area contributed by atoms with Crippen LogP contribution in [0.15, 0.2) is 0 Å². The summed E-state index contributed by atoms with van der Waals surface area (Å²) in [5.41, 5.74) is 0.519. The van der Waals surface area contributed by atoms with Crippen LogP contribution < -0.4 is 0 Å². The number of hydrogen-bond donors (Lipinski definition) is 0. The van der Waals surface area contributed by atoms with Crippen molar-refractivity contribution in [3.63, 3.8) is 0 Å². The van der Waals surface area contributed by atoms with Crippen molar-refractivity contribution in [2.75, 3.05) is 6.61 Å². The highest BCUT2D eigenvalue weighted by molar-refractivity contribution is 4.86. The molecule has 0 spiro atoms. The van der Waals surface area contributed by atoms with Crippen molar-refractivity contribution >= 4 is 0 Å². The van der Waals surface area contributed by atoms with Gasteiger partial charge in [0.25, 0.3) is 0 Å². The van der Waals surface area contributed by atoms with Crippen LogP contribution in [0.5, 0.6) is 0 Å². The van der Waals surface area contributed by atoms with Gasteiger partial charge in [0.15, 0.2) is 0 Å². The summed E-state index contributed by atoms with van der Waals surface area (Å²) in [6.45, 7) is 12.5. The second-order valence-corrected chi connectivity index (χ2v) is 5.82. The Hall–Kier alpha value is -0.0400. The summed E-state index contributed by atoms with van der Waals surface area (Å²) < 4.78 is 5.79. The highest BCUT2D eigenvalue weighted by Crippen LogP contribution is 2.43. The zero-order valence-corrected chi connectivity index (χ0v) is 11.2. The van der Waals surface area contributed by atoms with E-state index in [1.165, 1.54) is 25.7 Å². The van der Waals surface area contributed by atoms with Crippen LogP contribution in [0.2, 0.25) is 0 Å². The second-order valence-electron chi connectivity index (χ2n) is 5.82. The molecule has 1 fully saturated rings. The molecule has 0 aliphatic heterocycles. The van der Waals surface area contributed by atoms with Gasteiger partial charge < -0.3 is 4.74 Å². The van der Waals surface area contributed by atoms with Gasteiger partial charge in [0.2, 0.25) is 0 Å². The van der Waals surface area contributed by atoms with E-state index in [9.17, 15) is 0 Å². The summed E-state index contributed by atoms with van der Waals surface area (Å²) in [4.78, 5) is 0. The quantitative estimate of drug-likeness (QED) is 0.676. The minimum absolute atomic E-state index is 0.519. The Morgan fingerprint density at radius 1 is 1.20 bits per heavy atom. The molecule has 0 radical (unpaired) electrons. The molecular weight excluding hydrogens is 184 g/mol. The van der Waals surface area contributed by atoms with Crippen LogP contribution in [0.25, 0.3) is 0 Å². The van der Waals surface area contributed by atoms with E-state index in [4.69, 9.17) is 4.74 Å². The Bertz CT molecular complexity index is 186. The standard InChI is InChI=1S/C14H28O/c1-6-14(4,5)12-8-9-13(15-7-2)11(3)10-12/h11-13H,6-10H2,1-5H3. The van der Waals surface area contributed by atoms with E-state index in [1.807, 2.05) is 0 Å². The van der Waals surface area contributed by atoms with Crippen molar-refractivity contribution in [1.29, 1.82) is 0 Å². The second kappa shape index (κ2) is 5.34. The molecule has 1 aliphatic rings. The molecule has 1 heteroatoms. The van der Waals surface area contributed by atoms with Crippen LogP contribution in [-0.4, -0.2) is 12.7 Å². The summed E-state index contributed by atoms with van der Waals surface area (Å²) in [7, 11) is 0. The highest BCUT2D eigenvalue weighted by Gasteiger charge is 2.35. The SMILES string of the molecule is CCOC1CCC(C(C)(C)CC)CC1C. The minimum atomic E-state index is 0.519. The molecule has 0 aromatic rings. The Morgan fingerprint density at radius 2 is 1.87 bits per heavy atom. The molecule has 0 bridgehead atoms. The minimum Gasteiger partial charge on any atom is -0.378 e. The summed E-state index contributed by atoms with van der Waals surface area (Å²) in [5, 5.41) is 0. The normalized spacial score (nSPS) is 33.0. The monoisotopic (exact) mass is 212 g/mol. The zero-order chi connectivity index (χ0) is 11.5. The molecule has 0 aromatic carbocycles. The first kappa shape index (κ1) is 13.0. The third kappa shape index (κ3) is 3.21. The smallest absolute Gasteiger partial charge is 0.0600 e. The van der Waals surface area contributed by atoms with Crippen molar-refractivity contribution in [1.82, 2.24) is 0 Å². The molecule has 3 unspecified atom stereocenters. The van der Waals surface area contributed by atoms with Crippen LogP contribution in [0.3, 0.4) is 0 Å². The molecule has 1 nitrogen and oxygen atoms in total. The van der Waals surface area contributed by atoms with E-state index < -0.39 is 0 Å². The van der Waals surface area contributed by atoms with E-state index in [0.717, 1.165) is 18.4 Å². The third-order valence-corrected chi connectivity index (χ3v) is 4.49. The van der Waals surface area contributed by atoms with E-state index in [0.29, 0.717) is 11.5 Å². The number of rotatable bonds is 4. The molecule has 3 atom stereocenters. The Morgan fingerprint density at radius 3 is 2.33 bits per heavy atom. The predicted octanol–water partition coefficient (Wildman–Crippen LogP) is 4.26. The predicted molar refractivity (Wildman–Crippen MR) is 66.0 cm³/mol. The van der Waals surface area contributed by atoms with Gasteiger partial charge in [-0.3, -0.25) is 0 Å². The molecule has 0 saturated heterocycles. The Kier molecular flexibility index (Phi) is 4.64. The topological polar surface area (TPSA) is 9.23 Å². The largest absolute Gasteiger partial charge is 0.378 e. The summed E-state index contributed by atoms with van der Waals surface area (Å²) in [6, 6.07) is 0. The van der Waals surface area contributed by atoms with Crippen LogP contribution >= 0.6 is 0 Å². The van der Waals surface area contributed by atoms with Crippen molar-refractivity contribution in [3.8, 4) is 0 Å². The van der Waals surface area contributed by atoms with Gasteiger partial charge in [-0.2, -0.15) is 0 Å². The average Bonchev–Trinajstić information content (AvgIpc) is 2.21. The fourth-order valence-corrected chi connectivity index (χ4v) is 2.83. The van der Waals surface area contributed by atoms with Crippen LogP contribution in [0.1, 0.15) is 60.3 Å². The molecule has 0 aromatic heterocycles. The summed E-state index contributed by atoms with van der Waals surface area (Å²) in [6.07, 6.45) is 5.80. The lowest BCUT2D eigenvalue weighted by molar-refractivity contribution is -0.0291. The molecule has 0 heterocycles. The first-order chi connectivity index (χ1) is 7.01. The molecule has 1 aliphatic carbocycles. The molecule has 90 valence electrons. The van der Waals surface area contributed by atoms with Crippen molar-refractivity contribution < 1.29 is 4.74 Å². The summed E-state index contributed by atoms with van der Waals surface area (Å²) in [5.74, 6) is 1.64. The lowest BCUT2D eigenvalue weighted by Crippen LogP contribution is -2.35. The van der Waals surface area contributed by atoms with E-state index in [2.05, 4.69) is 34.6 Å². The van der Waals surface area contributed by atoms with Gasteiger partial charge >= 0.3 is 0 Å². The average molecular weight is 212 g/mol. The zero-order valence-electron chi connectivity index (χ0n) is 11.2. The fourth-order valence-electron chi connectivity index (χ4n) is 2.83. The van der Waals surface area contributed by atoms with Crippen LogP contribution in [-0.2, 0) is 4.74 Å². The maximum atomic E-state index is 5.79. The fraction of sp³-hybridized carbons (Fsp3) is 1.00. The van der Waals surface area contributed by atoms with Gasteiger partial charge in [0.05, 0.1) is 6.10 Å². The van der Waals surface area contributed by atoms with Gasteiger partial charge in [-0.05, 0) is 43.4 Å². The van der Waals surface area contributed by atoms with Gasteiger partial charge in [0, 0.05) is 6.61 Å². The van der Waals surface area contributed by atoms with Crippen molar-refractivity contribution in [2.45, 2.75) is 66.4 Å². The van der Waals surface area contributed by atoms with E-state index >= 15 is 0 Å². The van der Waals surface area contributed by atoms with E-state index in [-0.39, 0.29) is 0 Å². The molecular formula is C14H28O. The van der Waals surface area contributed by atoms with Gasteiger partial charge in [-0.25, -0.2) is 0 Å². The van der Waals surface area contributed by atoms with Gasteiger partial charge in [-0.1, -0.05) is 34.1 Å². The maximum absolute atomic E-state index is 5.79. The maximum Gasteiger partial charge on any atom is 0.0600 e. The van der Waals surface area contributed by atoms with Crippen LogP contribution in [0, 0.1) is 17.3 Å². The molecule has 15 heavy (non-hydrogen) atoms.